The minimum absolute atomic E-state index is 0.00712. The zero-order valence-electron chi connectivity index (χ0n) is 29.3. The number of carboxylic acids is 2. The average molecular weight is 769 g/mol. The van der Waals surface area contributed by atoms with Crippen LogP contribution in [0.25, 0.3) is 0 Å². The number of alkyl halides is 3. The molecule has 0 fully saturated rings. The standard InChI is InChI=1S/C41H32F4N4O7/c42-26-2-4-27(5-3-26)55-38-18-35-31(24(10-14-54-35)19-48-33-21-46-12-8-29(33)39(50)51)17-32(38)37-16-25(20-49-34-22-47-13-9-30(34)40(52)53)28-6-1-23(15-36(28)56-37)7-11-41(43,44)45/h1-6,8-9,12-13,15,17-18,21-22,24-25,37,48-49H,10,14,16,19-20H2,(H,50,51)(H,52,53). The molecule has 3 atom stereocenters. The lowest BCUT2D eigenvalue weighted by Gasteiger charge is -2.35. The Bertz CT molecular complexity index is 2340. The number of nitrogens with zero attached hydrogens (tertiary/aromatic N) is 2. The van der Waals surface area contributed by atoms with Crippen molar-refractivity contribution in [3.05, 3.63) is 131 Å². The topological polar surface area (TPSA) is 152 Å². The quantitative estimate of drug-likeness (QED) is 0.0757. The molecule has 11 nitrogen and oxygen atoms in total. The van der Waals surface area contributed by atoms with Gasteiger partial charge in [0, 0.05) is 60.4 Å². The molecule has 5 aromatic rings. The molecule has 4 N–H and O–H groups in total. The molecule has 15 heteroatoms. The van der Waals surface area contributed by atoms with Gasteiger partial charge in [0.05, 0.1) is 41.5 Å². The number of nitrogens with one attached hydrogen (secondary N) is 2. The number of carbonyl (C=O) groups is 2. The molecule has 0 amide bonds. The molecule has 286 valence electrons. The molecule has 56 heavy (non-hydrogen) atoms. The highest BCUT2D eigenvalue weighted by molar-refractivity contribution is 5.94. The molecule has 0 aliphatic carbocycles. The van der Waals surface area contributed by atoms with Crippen molar-refractivity contribution in [2.24, 2.45) is 0 Å². The first-order valence-corrected chi connectivity index (χ1v) is 17.4. The largest absolute Gasteiger partial charge is 0.493 e. The van der Waals surface area contributed by atoms with Gasteiger partial charge in [0.2, 0.25) is 0 Å². The molecular weight excluding hydrogens is 736 g/mol. The fraction of sp³-hybridized carbons (Fsp3) is 0.220. The van der Waals surface area contributed by atoms with Gasteiger partial charge in [-0.15, -0.1) is 0 Å². The summed E-state index contributed by atoms with van der Waals surface area (Å²) in [4.78, 5) is 31.9. The van der Waals surface area contributed by atoms with Gasteiger partial charge in [-0.05, 0) is 78.6 Å². The number of pyridine rings is 2. The SMILES string of the molecule is O=C(O)c1ccncc1NCC1CCOc2cc(Oc3ccc(F)cc3)c(C3CC(CNc4cnccc4C(=O)O)c4ccc(C#CC(F)(F)F)cc4O3)cc21. The highest BCUT2D eigenvalue weighted by Crippen LogP contribution is 2.48. The zero-order chi connectivity index (χ0) is 39.4. The smallest absolute Gasteiger partial charge is 0.458 e. The monoisotopic (exact) mass is 768 g/mol. The number of ether oxygens (including phenoxy) is 3. The lowest BCUT2D eigenvalue weighted by Crippen LogP contribution is -2.26. The molecule has 4 heterocycles. The summed E-state index contributed by atoms with van der Waals surface area (Å²) in [5.41, 5.74) is 2.72. The maximum absolute atomic E-state index is 13.9. The molecule has 2 aromatic heterocycles. The number of aromatic carboxylic acids is 2. The van der Waals surface area contributed by atoms with E-state index < -0.39 is 30.0 Å². The molecule has 0 spiro atoms. The summed E-state index contributed by atoms with van der Waals surface area (Å²) in [6.07, 6.45) is 0.975. The number of fused-ring (bicyclic) bond motifs is 2. The Hall–Kier alpha value is -6.82. The Balaban J connectivity index is 1.28. The summed E-state index contributed by atoms with van der Waals surface area (Å²) in [5, 5.41) is 25.8. The van der Waals surface area contributed by atoms with E-state index in [9.17, 15) is 37.4 Å². The van der Waals surface area contributed by atoms with Crippen molar-refractivity contribution in [1.29, 1.82) is 0 Å². The lowest BCUT2D eigenvalue weighted by molar-refractivity contribution is -0.0697. The number of carboxylic acid groups (broad SMARTS) is 2. The van der Waals surface area contributed by atoms with Crippen LogP contribution in [0.2, 0.25) is 0 Å². The third kappa shape index (κ3) is 8.60. The second-order valence-electron chi connectivity index (χ2n) is 13.1. The van der Waals surface area contributed by atoms with E-state index in [0.29, 0.717) is 60.1 Å². The van der Waals surface area contributed by atoms with E-state index in [1.807, 2.05) is 6.07 Å². The molecule has 2 aliphatic heterocycles. The van der Waals surface area contributed by atoms with Gasteiger partial charge in [-0.2, -0.15) is 13.2 Å². The zero-order valence-corrected chi connectivity index (χ0v) is 29.3. The minimum atomic E-state index is -4.72. The number of hydrogen-bond donors (Lipinski definition) is 4. The van der Waals surface area contributed by atoms with Gasteiger partial charge in [-0.1, -0.05) is 12.0 Å². The first-order valence-electron chi connectivity index (χ1n) is 17.4. The second kappa shape index (κ2) is 15.9. The average Bonchev–Trinajstić information content (AvgIpc) is 3.18. The van der Waals surface area contributed by atoms with Gasteiger partial charge in [0.25, 0.3) is 0 Å². The van der Waals surface area contributed by atoms with Crippen molar-refractivity contribution in [2.75, 3.05) is 30.3 Å². The number of aromatic nitrogens is 2. The normalized spacial score (nSPS) is 17.1. The first kappa shape index (κ1) is 37.5. The van der Waals surface area contributed by atoms with Crippen molar-refractivity contribution in [1.82, 2.24) is 9.97 Å². The Morgan fingerprint density at radius 3 is 2.12 bits per heavy atom. The summed E-state index contributed by atoms with van der Waals surface area (Å²) < 4.78 is 72.1. The highest BCUT2D eigenvalue weighted by Gasteiger charge is 2.34. The van der Waals surface area contributed by atoms with Gasteiger partial charge >= 0.3 is 18.1 Å². The molecule has 0 saturated heterocycles. The van der Waals surface area contributed by atoms with Crippen LogP contribution in [0.3, 0.4) is 0 Å². The van der Waals surface area contributed by atoms with Crippen molar-refractivity contribution in [3.8, 4) is 34.8 Å². The molecule has 0 saturated carbocycles. The molecular formula is C41H32F4N4O7. The van der Waals surface area contributed by atoms with E-state index in [1.165, 1.54) is 79.2 Å². The van der Waals surface area contributed by atoms with Crippen molar-refractivity contribution in [3.63, 3.8) is 0 Å². The van der Waals surface area contributed by atoms with E-state index in [2.05, 4.69) is 26.5 Å². The maximum Gasteiger partial charge on any atom is 0.458 e. The van der Waals surface area contributed by atoms with Gasteiger partial charge in [0.15, 0.2) is 0 Å². The first-order chi connectivity index (χ1) is 26.9. The molecule has 2 aliphatic rings. The van der Waals surface area contributed by atoms with Crippen molar-refractivity contribution < 1.29 is 51.6 Å². The Morgan fingerprint density at radius 1 is 0.821 bits per heavy atom. The van der Waals surface area contributed by atoms with Crippen molar-refractivity contribution >= 4 is 23.3 Å². The fourth-order valence-corrected chi connectivity index (χ4v) is 6.76. The summed E-state index contributed by atoms with van der Waals surface area (Å²) in [6, 6.07) is 16.3. The van der Waals surface area contributed by atoms with E-state index in [4.69, 9.17) is 14.2 Å². The summed E-state index contributed by atoms with van der Waals surface area (Å²) >= 11 is 0. The Labute approximate surface area is 317 Å². The Kier molecular flexibility index (Phi) is 10.6. The van der Waals surface area contributed by atoms with Crippen LogP contribution in [0, 0.1) is 17.7 Å². The minimum Gasteiger partial charge on any atom is -0.493 e. The summed E-state index contributed by atoms with van der Waals surface area (Å²) in [7, 11) is 0. The van der Waals surface area contributed by atoms with Crippen LogP contribution in [-0.2, 0) is 0 Å². The van der Waals surface area contributed by atoms with Crippen LogP contribution in [0.4, 0.5) is 28.9 Å². The van der Waals surface area contributed by atoms with Crippen LogP contribution in [-0.4, -0.2) is 58.0 Å². The predicted octanol–water partition coefficient (Wildman–Crippen LogP) is 8.42. The van der Waals surface area contributed by atoms with Crippen LogP contribution in [0.1, 0.15) is 73.8 Å². The predicted molar refractivity (Wildman–Crippen MR) is 195 cm³/mol. The number of hydrogen-bond acceptors (Lipinski definition) is 9. The van der Waals surface area contributed by atoms with E-state index in [-0.39, 0.29) is 46.5 Å². The summed E-state index contributed by atoms with van der Waals surface area (Å²) in [5.74, 6) is 1.56. The second-order valence-corrected chi connectivity index (χ2v) is 13.1. The molecule has 3 unspecified atom stereocenters. The molecule has 7 rings (SSSR count). The number of halogens is 4. The molecule has 0 radical (unpaired) electrons. The van der Waals surface area contributed by atoms with E-state index in [0.717, 1.165) is 5.56 Å². The maximum atomic E-state index is 13.9. The van der Waals surface area contributed by atoms with E-state index in [1.54, 1.807) is 12.1 Å². The Morgan fingerprint density at radius 2 is 1.48 bits per heavy atom. The number of benzene rings is 3. The lowest BCUT2D eigenvalue weighted by atomic mass is 9.84. The third-order valence-corrected chi connectivity index (χ3v) is 9.44. The van der Waals surface area contributed by atoms with Gasteiger partial charge in [0.1, 0.15) is 34.9 Å². The van der Waals surface area contributed by atoms with Gasteiger partial charge < -0.3 is 35.1 Å². The number of rotatable bonds is 11. The highest BCUT2D eigenvalue weighted by atomic mass is 19.4. The van der Waals surface area contributed by atoms with Crippen LogP contribution < -0.4 is 24.8 Å². The fourth-order valence-electron chi connectivity index (χ4n) is 6.76. The van der Waals surface area contributed by atoms with Crippen LogP contribution in [0.5, 0.6) is 23.0 Å². The third-order valence-electron chi connectivity index (χ3n) is 9.44. The van der Waals surface area contributed by atoms with E-state index >= 15 is 0 Å². The van der Waals surface area contributed by atoms with Crippen LogP contribution in [0.15, 0.2) is 91.5 Å². The molecule has 3 aromatic carbocycles. The van der Waals surface area contributed by atoms with Gasteiger partial charge in [-0.25, -0.2) is 14.0 Å². The van der Waals surface area contributed by atoms with Gasteiger partial charge in [-0.3, -0.25) is 9.97 Å². The number of anilines is 2. The van der Waals surface area contributed by atoms with Crippen LogP contribution >= 0.6 is 0 Å². The molecule has 0 bridgehead atoms. The summed E-state index contributed by atoms with van der Waals surface area (Å²) in [6.45, 7) is 0.861. The van der Waals surface area contributed by atoms with Crippen molar-refractivity contribution in [2.45, 2.75) is 37.0 Å².